The first-order chi connectivity index (χ1) is 11.5. The van der Waals surface area contributed by atoms with Crippen LogP contribution in [0.2, 0.25) is 0 Å². The summed E-state index contributed by atoms with van der Waals surface area (Å²) in [5.74, 6) is -0.245. The molecule has 0 atom stereocenters. The predicted octanol–water partition coefficient (Wildman–Crippen LogP) is 3.43. The van der Waals surface area contributed by atoms with Crippen molar-refractivity contribution in [1.82, 2.24) is 9.78 Å². The van der Waals surface area contributed by atoms with Crippen molar-refractivity contribution in [2.75, 3.05) is 17.2 Å². The zero-order valence-corrected chi connectivity index (χ0v) is 13.7. The molecule has 1 aliphatic rings. The minimum atomic E-state index is -2.70. The lowest BCUT2D eigenvalue weighted by molar-refractivity contribution is -0.115. The van der Waals surface area contributed by atoms with Crippen LogP contribution in [0.5, 0.6) is 0 Å². The third-order valence-corrected chi connectivity index (χ3v) is 4.33. The molecule has 1 aliphatic heterocycles. The highest BCUT2D eigenvalue weighted by atomic mass is 19.3. The Labute approximate surface area is 139 Å². The van der Waals surface area contributed by atoms with Crippen molar-refractivity contribution in [1.29, 1.82) is 0 Å². The number of halogens is 2. The van der Waals surface area contributed by atoms with Crippen molar-refractivity contribution in [2.24, 2.45) is 0 Å². The number of fused-ring (bicyclic) bond motifs is 1. The molecule has 0 bridgehead atoms. The van der Waals surface area contributed by atoms with Gasteiger partial charge in [-0.05, 0) is 44.4 Å². The summed E-state index contributed by atoms with van der Waals surface area (Å²) in [6, 6.07) is 5.78. The van der Waals surface area contributed by atoms with E-state index in [0.29, 0.717) is 27.3 Å². The van der Waals surface area contributed by atoms with E-state index in [2.05, 4.69) is 15.7 Å². The lowest BCUT2D eigenvalue weighted by Gasteiger charge is -2.18. The molecule has 0 saturated heterocycles. The number of carbonyl (C=O) groups is 1. The lowest BCUT2D eigenvalue weighted by Crippen LogP contribution is -2.17. The number of alkyl halides is 2. The Hall–Kier alpha value is -2.44. The van der Waals surface area contributed by atoms with Gasteiger partial charge in [0, 0.05) is 29.2 Å². The molecule has 24 heavy (non-hydrogen) atoms. The van der Waals surface area contributed by atoms with Gasteiger partial charge in [0.2, 0.25) is 5.91 Å². The van der Waals surface area contributed by atoms with Gasteiger partial charge in [0.05, 0.1) is 12.1 Å². The van der Waals surface area contributed by atoms with Crippen LogP contribution in [0.25, 0.3) is 0 Å². The zero-order valence-electron chi connectivity index (χ0n) is 13.7. The summed E-state index contributed by atoms with van der Waals surface area (Å²) in [6.07, 6.45) is 2.15. The molecule has 2 heterocycles. The number of benzene rings is 1. The van der Waals surface area contributed by atoms with Gasteiger partial charge in [-0.3, -0.25) is 4.79 Å². The molecule has 0 spiro atoms. The average Bonchev–Trinajstić information content (AvgIpc) is 2.83. The average molecular weight is 334 g/mol. The number of hydrogen-bond donors (Lipinski definition) is 2. The highest BCUT2D eigenvalue weighted by Crippen LogP contribution is 2.26. The zero-order chi connectivity index (χ0) is 17.3. The van der Waals surface area contributed by atoms with E-state index in [1.54, 1.807) is 13.8 Å². The number of nitrogens with zero attached hydrogens (tertiary/aromatic N) is 2. The van der Waals surface area contributed by atoms with E-state index in [1.807, 2.05) is 18.2 Å². The number of anilines is 2. The highest BCUT2D eigenvalue weighted by Gasteiger charge is 2.19. The summed E-state index contributed by atoms with van der Waals surface area (Å²) < 4.78 is 26.4. The van der Waals surface area contributed by atoms with E-state index >= 15 is 0 Å². The van der Waals surface area contributed by atoms with Gasteiger partial charge in [-0.2, -0.15) is 13.9 Å². The maximum atomic E-state index is 12.9. The summed E-state index contributed by atoms with van der Waals surface area (Å²) >= 11 is 0. The van der Waals surface area contributed by atoms with Crippen molar-refractivity contribution in [3.8, 4) is 0 Å². The minimum Gasteiger partial charge on any atom is -0.385 e. The molecule has 128 valence electrons. The number of aromatic nitrogens is 2. The number of carbonyl (C=O) groups excluding carboxylic acids is 1. The Kier molecular flexibility index (Phi) is 4.51. The smallest absolute Gasteiger partial charge is 0.333 e. The molecule has 0 saturated carbocycles. The first-order valence-electron chi connectivity index (χ1n) is 7.95. The quantitative estimate of drug-likeness (QED) is 0.900. The normalized spacial score (nSPS) is 13.5. The van der Waals surface area contributed by atoms with Crippen LogP contribution < -0.4 is 10.6 Å². The van der Waals surface area contributed by atoms with Gasteiger partial charge in [-0.25, -0.2) is 4.68 Å². The van der Waals surface area contributed by atoms with Crippen LogP contribution in [0.4, 0.5) is 20.2 Å². The predicted molar refractivity (Wildman–Crippen MR) is 88.5 cm³/mol. The number of aryl methyl sites for hydroxylation is 2. The Bertz CT molecular complexity index is 770. The Balaban J connectivity index is 1.72. The van der Waals surface area contributed by atoms with Gasteiger partial charge in [-0.15, -0.1) is 0 Å². The Morgan fingerprint density at radius 2 is 2.21 bits per heavy atom. The fraction of sp³-hybridized carbons (Fsp3) is 0.412. The summed E-state index contributed by atoms with van der Waals surface area (Å²) in [4.78, 5) is 12.3. The molecular formula is C17H20F2N4O. The van der Waals surface area contributed by atoms with Crippen molar-refractivity contribution in [3.63, 3.8) is 0 Å². The van der Waals surface area contributed by atoms with E-state index in [1.165, 1.54) is 5.56 Å². The molecule has 1 aromatic heterocycles. The van der Waals surface area contributed by atoms with Gasteiger partial charge in [0.15, 0.2) is 0 Å². The third kappa shape index (κ3) is 3.25. The maximum absolute atomic E-state index is 12.9. The second-order valence-corrected chi connectivity index (χ2v) is 6.00. The molecule has 1 amide bonds. The van der Waals surface area contributed by atoms with E-state index < -0.39 is 6.55 Å². The van der Waals surface area contributed by atoms with Crippen LogP contribution in [0.1, 0.15) is 35.5 Å². The first-order valence-corrected chi connectivity index (χ1v) is 7.95. The van der Waals surface area contributed by atoms with Gasteiger partial charge >= 0.3 is 6.55 Å². The topological polar surface area (TPSA) is 59.0 Å². The first kappa shape index (κ1) is 16.4. The molecule has 2 aromatic rings. The molecule has 7 heteroatoms. The monoisotopic (exact) mass is 334 g/mol. The van der Waals surface area contributed by atoms with Gasteiger partial charge in [-0.1, -0.05) is 6.07 Å². The third-order valence-electron chi connectivity index (χ3n) is 4.33. The summed E-state index contributed by atoms with van der Waals surface area (Å²) in [5.41, 5.74) is 4.30. The van der Waals surface area contributed by atoms with Crippen LogP contribution in [0, 0.1) is 13.8 Å². The van der Waals surface area contributed by atoms with Crippen molar-refractivity contribution in [2.45, 2.75) is 39.7 Å². The van der Waals surface area contributed by atoms with Crippen molar-refractivity contribution < 1.29 is 13.6 Å². The second-order valence-electron chi connectivity index (χ2n) is 6.00. The minimum absolute atomic E-state index is 0.0227. The Morgan fingerprint density at radius 3 is 2.92 bits per heavy atom. The molecule has 5 nitrogen and oxygen atoms in total. The number of amides is 1. The van der Waals surface area contributed by atoms with Crippen LogP contribution in [-0.4, -0.2) is 22.2 Å². The molecular weight excluding hydrogens is 314 g/mol. The molecule has 0 radical (unpaired) electrons. The largest absolute Gasteiger partial charge is 0.385 e. The molecule has 0 aliphatic carbocycles. The van der Waals surface area contributed by atoms with E-state index in [-0.39, 0.29) is 12.3 Å². The fourth-order valence-electron chi connectivity index (χ4n) is 3.05. The Morgan fingerprint density at radius 1 is 1.42 bits per heavy atom. The molecule has 0 unspecified atom stereocenters. The highest BCUT2D eigenvalue weighted by molar-refractivity contribution is 5.93. The van der Waals surface area contributed by atoms with Crippen LogP contribution >= 0.6 is 0 Å². The van der Waals surface area contributed by atoms with Crippen LogP contribution in [0.3, 0.4) is 0 Å². The molecule has 1 aromatic carbocycles. The van der Waals surface area contributed by atoms with E-state index in [4.69, 9.17) is 0 Å². The van der Waals surface area contributed by atoms with Crippen molar-refractivity contribution in [3.05, 3.63) is 40.7 Å². The summed E-state index contributed by atoms with van der Waals surface area (Å²) in [7, 11) is 0. The molecule has 0 fully saturated rings. The van der Waals surface area contributed by atoms with Gasteiger partial charge < -0.3 is 10.6 Å². The number of hydrogen-bond acceptors (Lipinski definition) is 3. The van der Waals surface area contributed by atoms with Gasteiger partial charge in [0.25, 0.3) is 0 Å². The SMILES string of the molecule is Cc1nn(C(F)F)c(C)c1CC(=O)Nc1ccc2c(c1)NCCC2. The summed E-state index contributed by atoms with van der Waals surface area (Å²) in [6.45, 7) is 1.41. The summed E-state index contributed by atoms with van der Waals surface area (Å²) in [5, 5.41) is 9.95. The maximum Gasteiger partial charge on any atom is 0.333 e. The number of nitrogens with one attached hydrogen (secondary N) is 2. The number of rotatable bonds is 4. The molecule has 2 N–H and O–H groups in total. The second kappa shape index (κ2) is 6.59. The van der Waals surface area contributed by atoms with E-state index in [9.17, 15) is 13.6 Å². The lowest BCUT2D eigenvalue weighted by atomic mass is 10.0. The van der Waals surface area contributed by atoms with Gasteiger partial charge in [0.1, 0.15) is 0 Å². The molecule has 3 rings (SSSR count). The van der Waals surface area contributed by atoms with Crippen LogP contribution in [0.15, 0.2) is 18.2 Å². The standard InChI is InChI=1S/C17H20F2N4O/c1-10-14(11(2)23(22-10)17(18)19)9-16(24)21-13-6-5-12-4-3-7-20-15(12)8-13/h5-6,8,17,20H,3-4,7,9H2,1-2H3,(H,21,24). The van der Waals surface area contributed by atoms with E-state index in [0.717, 1.165) is 25.1 Å². The van der Waals surface area contributed by atoms with Crippen molar-refractivity contribution >= 4 is 17.3 Å². The fourth-order valence-corrected chi connectivity index (χ4v) is 3.05. The van der Waals surface area contributed by atoms with Crippen LogP contribution in [-0.2, 0) is 17.6 Å².